The molecule has 0 saturated carbocycles. The lowest BCUT2D eigenvalue weighted by Gasteiger charge is -2.14. The van der Waals surface area contributed by atoms with Crippen LogP contribution in [0.5, 0.6) is 17.2 Å². The largest absolute Gasteiger partial charge is 0.497 e. The van der Waals surface area contributed by atoms with Gasteiger partial charge < -0.3 is 19.5 Å². The molecule has 1 saturated heterocycles. The Kier molecular flexibility index (Phi) is 11.1. The Morgan fingerprint density at radius 2 is 1.77 bits per heavy atom. The van der Waals surface area contributed by atoms with Crippen molar-refractivity contribution in [2.45, 2.75) is 32.6 Å². The van der Waals surface area contributed by atoms with Gasteiger partial charge in [0.15, 0.2) is 17.5 Å². The molecule has 1 aliphatic heterocycles. The quantitative estimate of drug-likeness (QED) is 0.210. The second kappa shape index (κ2) is 14.5. The Labute approximate surface area is 237 Å². The lowest BCUT2D eigenvalue weighted by molar-refractivity contribution is 0.414. The zero-order valence-electron chi connectivity index (χ0n) is 21.7. The van der Waals surface area contributed by atoms with E-state index < -0.39 is 5.82 Å². The minimum absolute atomic E-state index is 0.00350. The number of nitrogens with one attached hydrogen (secondary N) is 3. The van der Waals surface area contributed by atoms with Crippen LogP contribution in [0.4, 0.5) is 4.39 Å². The van der Waals surface area contributed by atoms with E-state index in [1.165, 1.54) is 62.7 Å². The highest BCUT2D eigenvalue weighted by Gasteiger charge is 2.18. The van der Waals surface area contributed by atoms with Gasteiger partial charge in [-0.15, -0.1) is 0 Å². The summed E-state index contributed by atoms with van der Waals surface area (Å²) in [6, 6.07) is 14.1. The fraction of sp³-hybridized carbons (Fsp3) is 0.276. The minimum Gasteiger partial charge on any atom is -0.497 e. The maximum Gasteiger partial charge on any atom is 0.221 e. The zero-order chi connectivity index (χ0) is 28.4. The lowest BCUT2D eigenvalue weighted by atomic mass is 10.1. The number of rotatable bonds is 6. The highest BCUT2D eigenvalue weighted by Crippen LogP contribution is 2.35. The van der Waals surface area contributed by atoms with Crippen LogP contribution in [-0.2, 0) is 11.2 Å². The average Bonchev–Trinajstić information content (AvgIpc) is 2.93. The fourth-order valence-electron chi connectivity index (χ4n) is 3.81. The van der Waals surface area contributed by atoms with E-state index in [-0.39, 0.29) is 50.9 Å². The van der Waals surface area contributed by atoms with Gasteiger partial charge in [0.25, 0.3) is 0 Å². The highest BCUT2D eigenvalue weighted by molar-refractivity contribution is 6.32. The van der Waals surface area contributed by atoms with Crippen LogP contribution < -0.4 is 14.8 Å². The molecule has 10 heteroatoms. The van der Waals surface area contributed by atoms with Crippen LogP contribution >= 0.6 is 23.2 Å². The van der Waals surface area contributed by atoms with Crippen molar-refractivity contribution in [2.24, 2.45) is 0 Å². The molecule has 0 aliphatic carbocycles. The second-order valence-corrected chi connectivity index (χ2v) is 9.61. The Hall–Kier alpha value is -3.64. The zero-order valence-corrected chi connectivity index (χ0v) is 23.2. The number of hydrogen-bond donors (Lipinski definition) is 3. The molecule has 0 atom stereocenters. The van der Waals surface area contributed by atoms with E-state index in [4.69, 9.17) is 53.5 Å². The van der Waals surface area contributed by atoms with Crippen molar-refractivity contribution in [2.75, 3.05) is 20.2 Å². The summed E-state index contributed by atoms with van der Waals surface area (Å²) in [6.07, 6.45) is 3.98. The van der Waals surface area contributed by atoms with Gasteiger partial charge >= 0.3 is 0 Å². The van der Waals surface area contributed by atoms with Gasteiger partial charge in [-0.05, 0) is 80.9 Å². The van der Waals surface area contributed by atoms with Crippen LogP contribution in [0.25, 0.3) is 0 Å². The molecule has 4 rings (SSSR count). The first kappa shape index (κ1) is 29.9. The summed E-state index contributed by atoms with van der Waals surface area (Å²) >= 11 is 12.1. The van der Waals surface area contributed by atoms with Crippen LogP contribution in [-0.4, -0.2) is 32.0 Å². The Balaban J connectivity index is 0.000000617. The molecular formula is C29H29Cl2FN4O3. The minimum atomic E-state index is -0.790. The van der Waals surface area contributed by atoms with Crippen LogP contribution in [0.2, 0.25) is 10.0 Å². The molecule has 3 aromatic carbocycles. The van der Waals surface area contributed by atoms with E-state index >= 15 is 4.39 Å². The van der Waals surface area contributed by atoms with Crippen molar-refractivity contribution in [1.29, 1.82) is 16.1 Å². The molecule has 1 fully saturated rings. The van der Waals surface area contributed by atoms with Gasteiger partial charge in [-0.25, -0.2) is 4.39 Å². The summed E-state index contributed by atoms with van der Waals surface area (Å²) in [4.78, 5) is 0. The third-order valence-electron chi connectivity index (χ3n) is 5.81. The molecule has 204 valence electrons. The number of nitrogens with zero attached hydrogens (tertiary/aromatic N) is 1. The standard InChI is InChI=1S/C24H18Cl2FN3O3.C5H11N/c1-13-7-17(31-2)4-5-19(13)24(30)33-21(29)10-15-3-6-20(26)23(22(15)27)32-18-9-14(12-28)8-16(25)11-18;1-2-4-6-5-3-1/h3-9,11,29-30H,10H2,1-2H3;6H,1-5H2. The van der Waals surface area contributed by atoms with Crippen molar-refractivity contribution in [3.8, 4) is 23.3 Å². The second-order valence-electron chi connectivity index (χ2n) is 8.76. The molecule has 7 nitrogen and oxygen atoms in total. The molecule has 39 heavy (non-hydrogen) atoms. The molecule has 0 aromatic heterocycles. The van der Waals surface area contributed by atoms with Gasteiger partial charge in [-0.2, -0.15) is 5.26 Å². The van der Waals surface area contributed by atoms with E-state index in [0.717, 1.165) is 5.56 Å². The van der Waals surface area contributed by atoms with Crippen LogP contribution in [0.15, 0.2) is 48.5 Å². The topological polar surface area (TPSA) is 111 Å². The molecule has 0 unspecified atom stereocenters. The first-order valence-corrected chi connectivity index (χ1v) is 13.0. The summed E-state index contributed by atoms with van der Waals surface area (Å²) < 4.78 is 31.2. The number of aryl methyl sites for hydroxylation is 1. The number of halogens is 3. The predicted molar refractivity (Wildman–Crippen MR) is 151 cm³/mol. The van der Waals surface area contributed by atoms with Gasteiger partial charge in [0, 0.05) is 16.1 Å². The Bertz CT molecular complexity index is 1380. The van der Waals surface area contributed by atoms with Crippen molar-refractivity contribution in [3.05, 3.63) is 86.6 Å². The number of nitriles is 1. The van der Waals surface area contributed by atoms with Gasteiger partial charge in [0.05, 0.1) is 30.2 Å². The molecule has 1 aliphatic rings. The smallest absolute Gasteiger partial charge is 0.221 e. The van der Waals surface area contributed by atoms with Crippen molar-refractivity contribution < 1.29 is 18.6 Å². The number of piperidine rings is 1. The van der Waals surface area contributed by atoms with Crippen LogP contribution in [0.3, 0.4) is 0 Å². The van der Waals surface area contributed by atoms with E-state index in [1.54, 1.807) is 32.2 Å². The SMILES string of the molecule is C1CCNCC1.COc1ccc(C(=N)OC(=N)Cc2ccc(Cl)c(Oc3cc(Cl)cc(C#N)c3)c2F)c(C)c1. The summed E-state index contributed by atoms with van der Waals surface area (Å²) in [5.74, 6) is -0.863. The molecule has 3 aromatic rings. The number of ether oxygens (including phenoxy) is 3. The molecule has 0 bridgehead atoms. The van der Waals surface area contributed by atoms with Gasteiger partial charge in [0.1, 0.15) is 11.5 Å². The average molecular weight is 571 g/mol. The van der Waals surface area contributed by atoms with E-state index in [9.17, 15) is 0 Å². The number of methoxy groups -OCH3 is 1. The summed E-state index contributed by atoms with van der Waals surface area (Å²) in [7, 11) is 1.54. The molecule has 1 heterocycles. The summed E-state index contributed by atoms with van der Waals surface area (Å²) in [5, 5.41) is 28.9. The van der Waals surface area contributed by atoms with Gasteiger partial charge in [-0.3, -0.25) is 10.8 Å². The number of hydrogen-bond acceptors (Lipinski definition) is 7. The first-order valence-electron chi connectivity index (χ1n) is 12.3. The van der Waals surface area contributed by atoms with Gasteiger partial charge in [0.2, 0.25) is 5.90 Å². The van der Waals surface area contributed by atoms with Crippen molar-refractivity contribution in [3.63, 3.8) is 0 Å². The van der Waals surface area contributed by atoms with Crippen LogP contribution in [0.1, 0.15) is 41.5 Å². The third-order valence-corrected chi connectivity index (χ3v) is 6.33. The van der Waals surface area contributed by atoms with E-state index in [0.29, 0.717) is 11.3 Å². The first-order chi connectivity index (χ1) is 18.7. The van der Waals surface area contributed by atoms with Crippen LogP contribution in [0, 0.1) is 34.9 Å². The summed E-state index contributed by atoms with van der Waals surface area (Å²) in [6.45, 7) is 4.29. The van der Waals surface area contributed by atoms with Gasteiger partial charge in [-0.1, -0.05) is 35.7 Å². The monoisotopic (exact) mass is 570 g/mol. The summed E-state index contributed by atoms with van der Waals surface area (Å²) in [5.41, 5.74) is 1.54. The van der Waals surface area contributed by atoms with E-state index in [2.05, 4.69) is 5.32 Å². The normalized spacial score (nSPS) is 12.4. The maximum atomic E-state index is 15.1. The van der Waals surface area contributed by atoms with Crippen molar-refractivity contribution in [1.82, 2.24) is 5.32 Å². The molecule has 3 N–H and O–H groups in total. The lowest BCUT2D eigenvalue weighted by Crippen LogP contribution is -2.21. The highest BCUT2D eigenvalue weighted by atomic mass is 35.5. The third kappa shape index (κ3) is 8.69. The Morgan fingerprint density at radius 1 is 1.03 bits per heavy atom. The maximum absolute atomic E-state index is 15.1. The Morgan fingerprint density at radius 3 is 2.36 bits per heavy atom. The number of benzene rings is 3. The molecule has 0 amide bonds. The van der Waals surface area contributed by atoms with Crippen molar-refractivity contribution >= 4 is 35.0 Å². The predicted octanol–water partition coefficient (Wildman–Crippen LogP) is 7.44. The molecule has 0 radical (unpaired) electrons. The molecule has 0 spiro atoms. The molecular weight excluding hydrogens is 542 g/mol. The fourth-order valence-corrected chi connectivity index (χ4v) is 4.22. The van der Waals surface area contributed by atoms with E-state index in [1.807, 2.05) is 6.07 Å².